The number of fused-ring (bicyclic) bond motifs is 3. The number of ether oxygens (including phenoxy) is 2. The summed E-state index contributed by atoms with van der Waals surface area (Å²) in [7, 11) is 3.17. The van der Waals surface area contributed by atoms with E-state index < -0.39 is 0 Å². The predicted molar refractivity (Wildman–Crippen MR) is 120 cm³/mol. The first kappa shape index (κ1) is 20.7. The van der Waals surface area contributed by atoms with Crippen LogP contribution in [0.4, 0.5) is 5.69 Å². The van der Waals surface area contributed by atoms with Gasteiger partial charge in [0.15, 0.2) is 17.3 Å². The van der Waals surface area contributed by atoms with Crippen molar-refractivity contribution in [3.05, 3.63) is 48.3 Å². The molecule has 0 bridgehead atoms. The Morgan fingerprint density at radius 2 is 1.77 bits per heavy atom. The van der Waals surface area contributed by atoms with E-state index in [2.05, 4.69) is 20.3 Å². The summed E-state index contributed by atoms with van der Waals surface area (Å²) < 4.78 is 10.8. The van der Waals surface area contributed by atoms with Gasteiger partial charge in [-0.1, -0.05) is 11.8 Å². The van der Waals surface area contributed by atoms with Crippen molar-refractivity contribution in [1.29, 1.82) is 0 Å². The molecule has 2 aromatic carbocycles. The molecular weight excluding hydrogens is 416 g/mol. The van der Waals surface area contributed by atoms with E-state index in [9.17, 15) is 9.59 Å². The highest BCUT2D eigenvalue weighted by atomic mass is 32.2. The number of thioether (sulfide) groups is 1. The zero-order valence-corrected chi connectivity index (χ0v) is 18.0. The second kappa shape index (κ2) is 8.65. The number of amides is 1. The smallest absolute Gasteiger partial charge is 0.234 e. The third kappa shape index (κ3) is 4.17. The van der Waals surface area contributed by atoms with Crippen LogP contribution in [0.25, 0.3) is 21.9 Å². The summed E-state index contributed by atoms with van der Waals surface area (Å²) in [6.45, 7) is 1.50. The lowest BCUT2D eigenvalue weighted by atomic mass is 10.1. The third-order valence-corrected chi connectivity index (χ3v) is 5.76. The summed E-state index contributed by atoms with van der Waals surface area (Å²) in [5.41, 5.74) is 3.56. The Balaban J connectivity index is 1.54. The highest BCUT2D eigenvalue weighted by Gasteiger charge is 2.16. The van der Waals surface area contributed by atoms with E-state index in [1.54, 1.807) is 38.5 Å². The average Bonchev–Trinajstić information content (AvgIpc) is 3.15. The lowest BCUT2D eigenvalue weighted by Gasteiger charge is -2.06. The molecule has 0 atom stereocenters. The molecule has 2 heterocycles. The number of aromatic amines is 1. The summed E-state index contributed by atoms with van der Waals surface area (Å²) >= 11 is 1.31. The highest BCUT2D eigenvalue weighted by Crippen LogP contribution is 2.36. The molecule has 0 aliphatic heterocycles. The van der Waals surface area contributed by atoms with Gasteiger partial charge in [-0.2, -0.15) is 0 Å². The van der Waals surface area contributed by atoms with Gasteiger partial charge in [-0.25, -0.2) is 9.97 Å². The molecule has 9 heteroatoms. The number of nitrogens with zero attached hydrogens (tertiary/aromatic N) is 2. The first-order chi connectivity index (χ1) is 15.0. The molecule has 2 aromatic heterocycles. The van der Waals surface area contributed by atoms with Crippen LogP contribution in [-0.2, 0) is 4.79 Å². The number of Topliss-reactive ketones (excluding diaryl/α,β-unsaturated/α-hetero) is 1. The van der Waals surface area contributed by atoms with E-state index in [0.29, 0.717) is 27.8 Å². The molecule has 4 rings (SSSR count). The number of carbonyl (C=O) groups excluding carboxylic acids is 2. The van der Waals surface area contributed by atoms with Gasteiger partial charge in [0.05, 0.1) is 31.0 Å². The number of methoxy groups -OCH3 is 2. The van der Waals surface area contributed by atoms with Crippen LogP contribution in [0.15, 0.2) is 47.8 Å². The summed E-state index contributed by atoms with van der Waals surface area (Å²) in [6.07, 6.45) is 1.48. The summed E-state index contributed by atoms with van der Waals surface area (Å²) in [5.74, 6) is 1.20. The third-order valence-electron chi connectivity index (χ3n) is 4.77. The maximum absolute atomic E-state index is 12.4. The Kier molecular flexibility index (Phi) is 5.77. The number of rotatable bonds is 7. The quantitative estimate of drug-likeness (QED) is 0.256. The molecule has 1 amide bonds. The molecule has 31 heavy (non-hydrogen) atoms. The number of H-pyrrole nitrogens is 1. The van der Waals surface area contributed by atoms with Gasteiger partial charge in [-0.3, -0.25) is 9.59 Å². The summed E-state index contributed by atoms with van der Waals surface area (Å²) in [4.78, 5) is 35.8. The maximum Gasteiger partial charge on any atom is 0.234 e. The van der Waals surface area contributed by atoms with Crippen molar-refractivity contribution in [2.45, 2.75) is 11.9 Å². The standard InChI is InChI=1S/C22H20N4O4S/c1-12(27)13-4-6-14(7-5-13)25-19(28)10-31-22-21-20(23-11-24-22)15-8-17(29-2)18(30-3)9-16(15)26-21/h4-9,11,26H,10H2,1-3H3,(H,25,28). The van der Waals surface area contributed by atoms with Crippen LogP contribution in [0.2, 0.25) is 0 Å². The Bertz CT molecular complexity index is 1280. The van der Waals surface area contributed by atoms with E-state index in [-0.39, 0.29) is 17.4 Å². The van der Waals surface area contributed by atoms with Crippen molar-refractivity contribution < 1.29 is 19.1 Å². The molecule has 0 aliphatic carbocycles. The molecule has 0 spiro atoms. The normalized spacial score (nSPS) is 10.9. The van der Waals surface area contributed by atoms with Gasteiger partial charge in [-0.15, -0.1) is 0 Å². The highest BCUT2D eigenvalue weighted by molar-refractivity contribution is 8.00. The Morgan fingerprint density at radius 1 is 1.06 bits per heavy atom. The molecule has 158 valence electrons. The molecule has 4 aromatic rings. The molecule has 0 unspecified atom stereocenters. The number of aromatic nitrogens is 3. The van der Waals surface area contributed by atoms with Crippen molar-refractivity contribution in [2.24, 2.45) is 0 Å². The number of carbonyl (C=O) groups is 2. The SMILES string of the molecule is COc1cc2[nH]c3c(SCC(=O)Nc4ccc(C(C)=O)cc4)ncnc3c2cc1OC. The number of benzene rings is 2. The van der Waals surface area contributed by atoms with Gasteiger partial charge in [0.25, 0.3) is 0 Å². The molecule has 2 N–H and O–H groups in total. The Hall–Kier alpha value is -3.59. The van der Waals surface area contributed by atoms with Crippen LogP contribution in [-0.4, -0.2) is 46.6 Å². The van der Waals surface area contributed by atoms with Crippen LogP contribution in [0.3, 0.4) is 0 Å². The largest absolute Gasteiger partial charge is 0.493 e. The first-order valence-corrected chi connectivity index (χ1v) is 10.4. The Labute approximate surface area is 182 Å². The van der Waals surface area contributed by atoms with Crippen molar-refractivity contribution >= 4 is 51.1 Å². The van der Waals surface area contributed by atoms with Crippen LogP contribution in [0.1, 0.15) is 17.3 Å². The lowest BCUT2D eigenvalue weighted by molar-refractivity contribution is -0.113. The molecular formula is C22H20N4O4S. The summed E-state index contributed by atoms with van der Waals surface area (Å²) in [6, 6.07) is 10.5. The maximum atomic E-state index is 12.4. The van der Waals surface area contributed by atoms with E-state index in [4.69, 9.17) is 9.47 Å². The predicted octanol–water partition coefficient (Wildman–Crippen LogP) is 4.06. The molecule has 0 aliphatic rings. The molecule has 0 saturated heterocycles. The van der Waals surface area contributed by atoms with Crippen molar-refractivity contribution in [3.63, 3.8) is 0 Å². The fourth-order valence-electron chi connectivity index (χ4n) is 3.23. The van der Waals surface area contributed by atoms with Crippen LogP contribution in [0, 0.1) is 0 Å². The minimum atomic E-state index is -0.174. The van der Waals surface area contributed by atoms with Gasteiger partial charge in [0, 0.05) is 22.7 Å². The Morgan fingerprint density at radius 3 is 2.45 bits per heavy atom. The minimum absolute atomic E-state index is 0.0187. The minimum Gasteiger partial charge on any atom is -0.493 e. The van der Waals surface area contributed by atoms with Gasteiger partial charge in [0.1, 0.15) is 16.9 Å². The second-order valence-electron chi connectivity index (χ2n) is 6.75. The van der Waals surface area contributed by atoms with E-state index >= 15 is 0 Å². The number of hydrogen-bond donors (Lipinski definition) is 2. The number of nitrogens with one attached hydrogen (secondary N) is 2. The van der Waals surface area contributed by atoms with Gasteiger partial charge in [-0.05, 0) is 37.3 Å². The lowest BCUT2D eigenvalue weighted by Crippen LogP contribution is -2.14. The van der Waals surface area contributed by atoms with Crippen LogP contribution >= 0.6 is 11.8 Å². The molecule has 0 fully saturated rings. The fourth-order valence-corrected chi connectivity index (χ4v) is 3.98. The zero-order valence-electron chi connectivity index (χ0n) is 17.2. The van der Waals surface area contributed by atoms with Crippen LogP contribution < -0.4 is 14.8 Å². The molecule has 8 nitrogen and oxygen atoms in total. The fraction of sp³-hybridized carbons (Fsp3) is 0.182. The molecule has 0 saturated carbocycles. The van der Waals surface area contributed by atoms with Crippen molar-refractivity contribution in [2.75, 3.05) is 25.3 Å². The van der Waals surface area contributed by atoms with Crippen molar-refractivity contribution in [1.82, 2.24) is 15.0 Å². The van der Waals surface area contributed by atoms with Gasteiger partial charge in [0.2, 0.25) is 5.91 Å². The van der Waals surface area contributed by atoms with Crippen molar-refractivity contribution in [3.8, 4) is 11.5 Å². The number of hydrogen-bond acceptors (Lipinski definition) is 7. The average molecular weight is 436 g/mol. The topological polar surface area (TPSA) is 106 Å². The zero-order chi connectivity index (χ0) is 22.0. The van der Waals surface area contributed by atoms with Crippen LogP contribution in [0.5, 0.6) is 11.5 Å². The second-order valence-corrected chi connectivity index (χ2v) is 7.71. The van der Waals surface area contributed by atoms with E-state index in [0.717, 1.165) is 21.9 Å². The van der Waals surface area contributed by atoms with Gasteiger partial charge >= 0.3 is 0 Å². The van der Waals surface area contributed by atoms with Gasteiger partial charge < -0.3 is 19.8 Å². The summed E-state index contributed by atoms with van der Waals surface area (Å²) in [5, 5.41) is 4.37. The first-order valence-electron chi connectivity index (χ1n) is 9.42. The van der Waals surface area contributed by atoms with E-state index in [1.165, 1.54) is 25.0 Å². The molecule has 0 radical (unpaired) electrons. The van der Waals surface area contributed by atoms with E-state index in [1.807, 2.05) is 12.1 Å². The monoisotopic (exact) mass is 436 g/mol. The number of ketones is 1. The number of anilines is 1.